The van der Waals surface area contributed by atoms with Crippen LogP contribution in [0, 0.1) is 0 Å². The molecule has 0 bridgehead atoms. The Bertz CT molecular complexity index is 304. The Balaban J connectivity index is 0. The second-order valence-corrected chi connectivity index (χ2v) is 4.31. The van der Waals surface area contributed by atoms with E-state index >= 15 is 0 Å². The molecule has 6 heteroatoms. The zero-order valence-electron chi connectivity index (χ0n) is 12.2. The first-order valence-corrected chi connectivity index (χ1v) is 5.96. The molecule has 2 saturated heterocycles. The highest BCUT2D eigenvalue weighted by molar-refractivity contribution is 5.76. The van der Waals surface area contributed by atoms with Crippen molar-refractivity contribution in [2.75, 3.05) is 41.3 Å². The Kier molecular flexibility index (Phi) is 11.0. The van der Waals surface area contributed by atoms with Crippen molar-refractivity contribution in [2.24, 2.45) is 9.98 Å². The fourth-order valence-corrected chi connectivity index (χ4v) is 1.25. The van der Waals surface area contributed by atoms with E-state index in [-0.39, 0.29) is 13.5 Å². The summed E-state index contributed by atoms with van der Waals surface area (Å²) in [4.78, 5) is 21.3. The molecule has 2 aliphatic rings. The van der Waals surface area contributed by atoms with E-state index in [9.17, 15) is 4.79 Å². The fourth-order valence-electron chi connectivity index (χ4n) is 1.25. The molecule has 0 aliphatic carbocycles. The predicted molar refractivity (Wildman–Crippen MR) is 79.1 cm³/mol. The van der Waals surface area contributed by atoms with Crippen LogP contribution in [-0.2, 0) is 4.74 Å². The zero-order chi connectivity index (χ0) is 14.1. The molecule has 2 unspecified atom stereocenters. The quantitative estimate of drug-likeness (QED) is 0.499. The van der Waals surface area contributed by atoms with E-state index in [4.69, 9.17) is 4.74 Å². The second kappa shape index (κ2) is 10.5. The smallest absolute Gasteiger partial charge is 0.319 e. The van der Waals surface area contributed by atoms with Crippen molar-refractivity contribution >= 4 is 12.0 Å². The maximum absolute atomic E-state index is 11.0. The molecule has 2 aliphatic heterocycles. The molecule has 0 spiro atoms. The fraction of sp³-hybridized carbons (Fsp3) is 0.846. The lowest BCUT2D eigenvalue weighted by Gasteiger charge is -2.11. The summed E-state index contributed by atoms with van der Waals surface area (Å²) in [6.07, 6.45) is 0.583. The van der Waals surface area contributed by atoms with Crippen molar-refractivity contribution in [3.63, 3.8) is 0 Å². The van der Waals surface area contributed by atoms with Crippen LogP contribution in [0.1, 0.15) is 21.3 Å². The summed E-state index contributed by atoms with van der Waals surface area (Å²) in [5.74, 6) is 0. The van der Waals surface area contributed by atoms with Gasteiger partial charge in [-0.3, -0.25) is 0 Å². The highest BCUT2D eigenvalue weighted by Crippen LogP contribution is 2.09. The SMILES string of the molecule is C.CC1CN(C)C(=O)N1C.CC1CO1.CN=C=NC. The lowest BCUT2D eigenvalue weighted by molar-refractivity contribution is 0.202. The zero-order valence-corrected chi connectivity index (χ0v) is 12.2. The Hall–Kier alpha value is -1.39. The number of carbonyl (C=O) groups is 1. The topological polar surface area (TPSA) is 60.8 Å². The largest absolute Gasteiger partial charge is 0.373 e. The lowest BCUT2D eigenvalue weighted by atomic mass is 10.3. The Morgan fingerprint density at radius 3 is 1.74 bits per heavy atom. The molecule has 0 saturated carbocycles. The molecule has 0 aromatic heterocycles. The first kappa shape index (κ1) is 19.9. The molecule has 2 rings (SSSR count). The number of hydrogen-bond donors (Lipinski definition) is 0. The minimum atomic E-state index is 0. The van der Waals surface area contributed by atoms with Gasteiger partial charge in [0, 0.05) is 40.8 Å². The highest BCUT2D eigenvalue weighted by Gasteiger charge is 2.27. The number of rotatable bonds is 0. The second-order valence-electron chi connectivity index (χ2n) is 4.31. The van der Waals surface area contributed by atoms with Crippen LogP contribution in [0.3, 0.4) is 0 Å². The van der Waals surface area contributed by atoms with E-state index in [2.05, 4.69) is 22.9 Å². The van der Waals surface area contributed by atoms with E-state index in [1.807, 2.05) is 21.0 Å². The molecule has 112 valence electrons. The van der Waals surface area contributed by atoms with Gasteiger partial charge >= 0.3 is 6.03 Å². The molecule has 2 atom stereocenters. The van der Waals surface area contributed by atoms with Gasteiger partial charge in [0.2, 0.25) is 0 Å². The third-order valence-electron chi connectivity index (χ3n) is 2.53. The van der Waals surface area contributed by atoms with Crippen molar-refractivity contribution in [3.8, 4) is 0 Å². The Labute approximate surface area is 117 Å². The maximum atomic E-state index is 11.0. The number of epoxide rings is 1. The van der Waals surface area contributed by atoms with Gasteiger partial charge < -0.3 is 14.5 Å². The summed E-state index contributed by atoms with van der Waals surface area (Å²) in [6.45, 7) is 5.94. The van der Waals surface area contributed by atoms with E-state index < -0.39 is 0 Å². The molecular formula is C13H28N4O2. The molecule has 0 aromatic rings. The van der Waals surface area contributed by atoms with Crippen molar-refractivity contribution in [1.29, 1.82) is 0 Å². The molecule has 2 fully saturated rings. The monoisotopic (exact) mass is 272 g/mol. The maximum Gasteiger partial charge on any atom is 0.319 e. The first-order valence-electron chi connectivity index (χ1n) is 5.96. The van der Waals surface area contributed by atoms with E-state index in [0.717, 1.165) is 13.2 Å². The van der Waals surface area contributed by atoms with Crippen LogP contribution in [0.25, 0.3) is 0 Å². The van der Waals surface area contributed by atoms with Crippen LogP contribution in [0.15, 0.2) is 9.98 Å². The molecular weight excluding hydrogens is 244 g/mol. The summed E-state index contributed by atoms with van der Waals surface area (Å²) >= 11 is 0. The van der Waals surface area contributed by atoms with Gasteiger partial charge in [-0.25, -0.2) is 14.8 Å². The van der Waals surface area contributed by atoms with Crippen LogP contribution >= 0.6 is 0 Å². The molecule has 0 N–H and O–H groups in total. The van der Waals surface area contributed by atoms with E-state index in [1.165, 1.54) is 0 Å². The number of aliphatic imine (C=N–C) groups is 2. The molecule has 0 aromatic carbocycles. The molecule has 6 nitrogen and oxygen atoms in total. The number of nitrogens with zero attached hydrogens (tertiary/aromatic N) is 4. The summed E-state index contributed by atoms with van der Waals surface area (Å²) in [5.41, 5.74) is 0. The number of amides is 2. The van der Waals surface area contributed by atoms with Gasteiger partial charge in [-0.05, 0) is 13.8 Å². The Morgan fingerprint density at radius 1 is 1.26 bits per heavy atom. The number of hydrogen-bond acceptors (Lipinski definition) is 4. The van der Waals surface area contributed by atoms with Crippen LogP contribution in [0.2, 0.25) is 0 Å². The number of ether oxygens (including phenoxy) is 1. The molecule has 2 amide bonds. The molecule has 0 radical (unpaired) electrons. The van der Waals surface area contributed by atoms with Crippen LogP contribution in [-0.4, -0.2) is 75.3 Å². The average Bonchev–Trinajstić information content (AvgIpc) is 3.08. The lowest BCUT2D eigenvalue weighted by Crippen LogP contribution is -2.28. The van der Waals surface area contributed by atoms with E-state index in [1.54, 1.807) is 23.9 Å². The van der Waals surface area contributed by atoms with Crippen LogP contribution in [0.5, 0.6) is 0 Å². The van der Waals surface area contributed by atoms with Gasteiger partial charge in [-0.1, -0.05) is 7.43 Å². The average molecular weight is 272 g/mol. The van der Waals surface area contributed by atoms with Gasteiger partial charge in [0.05, 0.1) is 18.7 Å². The van der Waals surface area contributed by atoms with Crippen molar-refractivity contribution in [2.45, 2.75) is 33.4 Å². The summed E-state index contributed by atoms with van der Waals surface area (Å²) < 4.78 is 4.71. The summed E-state index contributed by atoms with van der Waals surface area (Å²) in [5, 5.41) is 0. The minimum absolute atomic E-state index is 0. The standard InChI is InChI=1S/C6H12N2O.C3H6N2.C3H6O.CH4/c1-5-4-7(2)6(9)8(5)3;1-4-3-5-2;1-3-2-4-3;/h5H,4H2,1-3H3;1-2H3;3H,2H2,1H3;1H4. The third kappa shape index (κ3) is 9.22. The summed E-state index contributed by atoms with van der Waals surface area (Å²) in [7, 11) is 6.92. The molecule has 19 heavy (non-hydrogen) atoms. The summed E-state index contributed by atoms with van der Waals surface area (Å²) in [6, 6.07) is 2.87. The Morgan fingerprint density at radius 2 is 1.68 bits per heavy atom. The number of likely N-dealkylation sites (N-methyl/N-ethyl adjacent to an activating group) is 2. The van der Waals surface area contributed by atoms with E-state index in [0.29, 0.717) is 12.1 Å². The normalized spacial score (nSPS) is 22.9. The van der Waals surface area contributed by atoms with Gasteiger partial charge in [0.1, 0.15) is 0 Å². The number of urea groups is 1. The van der Waals surface area contributed by atoms with Gasteiger partial charge in [-0.15, -0.1) is 0 Å². The minimum Gasteiger partial charge on any atom is -0.373 e. The first-order chi connectivity index (χ1) is 8.43. The van der Waals surface area contributed by atoms with Crippen molar-refractivity contribution in [1.82, 2.24) is 9.80 Å². The third-order valence-corrected chi connectivity index (χ3v) is 2.53. The van der Waals surface area contributed by atoms with Gasteiger partial charge in [0.15, 0.2) is 0 Å². The highest BCUT2D eigenvalue weighted by atomic mass is 16.6. The van der Waals surface area contributed by atoms with Crippen molar-refractivity contribution < 1.29 is 9.53 Å². The molecule has 2 heterocycles. The predicted octanol–water partition coefficient (Wildman–Crippen LogP) is 1.83. The van der Waals surface area contributed by atoms with Gasteiger partial charge in [0.25, 0.3) is 0 Å². The van der Waals surface area contributed by atoms with Crippen LogP contribution < -0.4 is 0 Å². The van der Waals surface area contributed by atoms with Crippen molar-refractivity contribution in [3.05, 3.63) is 0 Å². The number of carbonyl (C=O) groups excluding carboxylic acids is 1. The van der Waals surface area contributed by atoms with Crippen LogP contribution in [0.4, 0.5) is 4.79 Å². The van der Waals surface area contributed by atoms with Gasteiger partial charge in [-0.2, -0.15) is 0 Å².